The van der Waals surface area contributed by atoms with Gasteiger partial charge in [-0.05, 0) is 13.0 Å². The maximum absolute atomic E-state index is 11.0. The fourth-order valence-electron chi connectivity index (χ4n) is 1.60. The zero-order valence-corrected chi connectivity index (χ0v) is 10.5. The number of azo groups is 1. The quantitative estimate of drug-likeness (QED) is 0.504. The first-order valence-electron chi connectivity index (χ1n) is 5.59. The largest absolute Gasteiger partial charge is 0.493 e. The number of esters is 1. The summed E-state index contributed by atoms with van der Waals surface area (Å²) in [5, 5.41) is 18.3. The van der Waals surface area contributed by atoms with Crippen LogP contribution in [0.15, 0.2) is 46.3 Å². The van der Waals surface area contributed by atoms with E-state index in [0.29, 0.717) is 11.4 Å². The van der Waals surface area contributed by atoms with Gasteiger partial charge in [0.05, 0.1) is 18.3 Å². The molecular weight excluding hydrogens is 246 g/mol. The number of rotatable bonds is 3. The Morgan fingerprint density at radius 2 is 2.16 bits per heavy atom. The van der Waals surface area contributed by atoms with E-state index in [1.54, 1.807) is 6.92 Å². The summed E-state index contributed by atoms with van der Waals surface area (Å²) in [5.74, 6) is -0.560. The highest BCUT2D eigenvalue weighted by molar-refractivity contribution is 5.94. The van der Waals surface area contributed by atoms with E-state index in [1.807, 2.05) is 24.3 Å². The van der Waals surface area contributed by atoms with Crippen LogP contribution in [0.25, 0.3) is 10.9 Å². The zero-order valence-electron chi connectivity index (χ0n) is 10.5. The first-order chi connectivity index (χ1) is 9.11. The lowest BCUT2D eigenvalue weighted by Crippen LogP contribution is -1.94. The number of H-pyrrole nitrogens is 1. The van der Waals surface area contributed by atoms with Gasteiger partial charge in [-0.25, -0.2) is 4.79 Å². The van der Waals surface area contributed by atoms with Crippen molar-refractivity contribution in [3.63, 3.8) is 0 Å². The number of allylic oxidation sites excluding steroid dienone is 1. The van der Waals surface area contributed by atoms with Crippen LogP contribution in [-0.2, 0) is 9.53 Å². The van der Waals surface area contributed by atoms with Crippen molar-refractivity contribution in [1.82, 2.24) is 4.98 Å². The molecule has 0 radical (unpaired) electrons. The molecule has 0 aliphatic carbocycles. The van der Waals surface area contributed by atoms with Crippen molar-refractivity contribution in [2.75, 3.05) is 7.11 Å². The molecule has 2 N–H and O–H groups in total. The van der Waals surface area contributed by atoms with Gasteiger partial charge < -0.3 is 14.8 Å². The Hall–Kier alpha value is -2.63. The van der Waals surface area contributed by atoms with Gasteiger partial charge in [-0.1, -0.05) is 18.2 Å². The minimum atomic E-state index is -0.500. The number of methoxy groups -OCH3 is 1. The van der Waals surface area contributed by atoms with E-state index >= 15 is 0 Å². The number of nitrogens with zero attached hydrogens (tertiary/aromatic N) is 2. The van der Waals surface area contributed by atoms with Crippen LogP contribution in [0.5, 0.6) is 5.88 Å². The number of aromatic hydroxyl groups is 1. The Kier molecular flexibility index (Phi) is 3.61. The van der Waals surface area contributed by atoms with Crippen molar-refractivity contribution in [3.05, 3.63) is 36.0 Å². The number of fused-ring (bicyclic) bond motifs is 1. The van der Waals surface area contributed by atoms with Crippen molar-refractivity contribution in [2.24, 2.45) is 10.2 Å². The highest BCUT2D eigenvalue weighted by Gasteiger charge is 2.09. The van der Waals surface area contributed by atoms with Gasteiger partial charge in [0.15, 0.2) is 5.69 Å². The van der Waals surface area contributed by atoms with E-state index in [1.165, 1.54) is 13.2 Å². The first kappa shape index (κ1) is 12.8. The van der Waals surface area contributed by atoms with Gasteiger partial charge >= 0.3 is 5.97 Å². The van der Waals surface area contributed by atoms with Crippen molar-refractivity contribution in [3.8, 4) is 5.88 Å². The number of aromatic nitrogens is 1. The Balaban J connectivity index is 2.33. The molecule has 0 spiro atoms. The minimum Gasteiger partial charge on any atom is -0.493 e. The average molecular weight is 259 g/mol. The van der Waals surface area contributed by atoms with Crippen LogP contribution in [0.2, 0.25) is 0 Å². The molecule has 1 aromatic heterocycles. The highest BCUT2D eigenvalue weighted by Crippen LogP contribution is 2.35. The molecule has 1 heterocycles. The summed E-state index contributed by atoms with van der Waals surface area (Å²) >= 11 is 0. The monoisotopic (exact) mass is 259 g/mol. The molecule has 0 atom stereocenters. The van der Waals surface area contributed by atoms with Gasteiger partial charge in [0, 0.05) is 11.5 Å². The van der Waals surface area contributed by atoms with E-state index in [-0.39, 0.29) is 5.88 Å². The van der Waals surface area contributed by atoms with Crippen LogP contribution in [0.4, 0.5) is 5.69 Å². The van der Waals surface area contributed by atoms with Crippen LogP contribution in [0, 0.1) is 0 Å². The Labute approximate surface area is 109 Å². The van der Waals surface area contributed by atoms with Crippen LogP contribution >= 0.6 is 0 Å². The summed E-state index contributed by atoms with van der Waals surface area (Å²) in [6.07, 6.45) is 1.22. The van der Waals surface area contributed by atoms with Crippen molar-refractivity contribution in [2.45, 2.75) is 6.92 Å². The topological polar surface area (TPSA) is 87.0 Å². The summed E-state index contributed by atoms with van der Waals surface area (Å²) in [6, 6.07) is 7.33. The predicted molar refractivity (Wildman–Crippen MR) is 70.3 cm³/mol. The number of carbonyl (C=O) groups excluding carboxylic acids is 1. The van der Waals surface area contributed by atoms with E-state index in [2.05, 4.69) is 19.9 Å². The van der Waals surface area contributed by atoms with Gasteiger partial charge in [-0.15, -0.1) is 5.11 Å². The number of carbonyl (C=O) groups is 1. The molecule has 0 aliphatic rings. The van der Waals surface area contributed by atoms with E-state index in [4.69, 9.17) is 0 Å². The summed E-state index contributed by atoms with van der Waals surface area (Å²) in [7, 11) is 1.29. The fourth-order valence-corrected chi connectivity index (χ4v) is 1.60. The summed E-state index contributed by atoms with van der Waals surface area (Å²) in [4.78, 5) is 13.8. The maximum atomic E-state index is 11.0. The van der Waals surface area contributed by atoms with Gasteiger partial charge in [0.1, 0.15) is 0 Å². The molecule has 0 amide bonds. The van der Waals surface area contributed by atoms with E-state index in [9.17, 15) is 9.90 Å². The summed E-state index contributed by atoms with van der Waals surface area (Å²) in [6.45, 7) is 1.62. The summed E-state index contributed by atoms with van der Waals surface area (Å²) in [5.41, 5.74) is 1.49. The third-order valence-corrected chi connectivity index (χ3v) is 2.50. The average Bonchev–Trinajstić information content (AvgIpc) is 2.71. The fraction of sp³-hybridized carbons (Fsp3) is 0.154. The molecule has 2 rings (SSSR count). The molecule has 0 unspecified atom stereocenters. The molecule has 0 saturated heterocycles. The molecule has 19 heavy (non-hydrogen) atoms. The number of nitrogens with one attached hydrogen (secondary N) is 1. The second kappa shape index (κ2) is 5.34. The zero-order chi connectivity index (χ0) is 13.8. The standard InChI is InChI=1S/C13H13N3O3/c1-8(7-11(17)19-2)15-16-12-9-5-3-4-6-10(9)14-13(12)18/h3-7,14,18H,1-2H3/b8-7+,16-15?. The normalized spacial score (nSPS) is 12.2. The van der Waals surface area contributed by atoms with Crippen LogP contribution in [0.3, 0.4) is 0 Å². The van der Waals surface area contributed by atoms with Crippen molar-refractivity contribution in [1.29, 1.82) is 0 Å². The molecule has 6 nitrogen and oxygen atoms in total. The van der Waals surface area contributed by atoms with Crippen LogP contribution < -0.4 is 0 Å². The van der Waals surface area contributed by atoms with Gasteiger partial charge in [0.25, 0.3) is 0 Å². The number of benzene rings is 1. The van der Waals surface area contributed by atoms with Crippen molar-refractivity contribution >= 4 is 22.6 Å². The molecule has 0 aliphatic heterocycles. The number of aromatic amines is 1. The summed E-state index contributed by atoms with van der Waals surface area (Å²) < 4.78 is 4.48. The van der Waals surface area contributed by atoms with Crippen LogP contribution in [-0.4, -0.2) is 23.2 Å². The van der Waals surface area contributed by atoms with E-state index < -0.39 is 5.97 Å². The molecule has 1 aromatic carbocycles. The van der Waals surface area contributed by atoms with E-state index in [0.717, 1.165) is 10.9 Å². The number of ether oxygens (including phenoxy) is 1. The predicted octanol–water partition coefficient (Wildman–Crippen LogP) is 3.03. The Morgan fingerprint density at radius 3 is 2.89 bits per heavy atom. The SMILES string of the molecule is COC(=O)/C=C(\C)N=Nc1c(O)[nH]c2ccccc12. The lowest BCUT2D eigenvalue weighted by atomic mass is 10.2. The highest BCUT2D eigenvalue weighted by atomic mass is 16.5. The number of hydrogen-bond donors (Lipinski definition) is 2. The number of hydrogen-bond acceptors (Lipinski definition) is 5. The Morgan fingerprint density at radius 1 is 1.42 bits per heavy atom. The first-order valence-corrected chi connectivity index (χ1v) is 5.59. The second-order valence-corrected chi connectivity index (χ2v) is 3.88. The van der Waals surface area contributed by atoms with Crippen LogP contribution in [0.1, 0.15) is 6.92 Å². The third-order valence-electron chi connectivity index (χ3n) is 2.50. The molecular formula is C13H13N3O3. The molecule has 98 valence electrons. The van der Waals surface area contributed by atoms with Crippen molar-refractivity contribution < 1.29 is 14.6 Å². The van der Waals surface area contributed by atoms with Gasteiger partial charge in [-0.3, -0.25) is 0 Å². The van der Waals surface area contributed by atoms with Gasteiger partial charge in [-0.2, -0.15) is 5.11 Å². The molecule has 0 fully saturated rings. The lowest BCUT2D eigenvalue weighted by molar-refractivity contribution is -0.134. The lowest BCUT2D eigenvalue weighted by Gasteiger charge is -1.93. The van der Waals surface area contributed by atoms with Gasteiger partial charge in [0.2, 0.25) is 5.88 Å². The second-order valence-electron chi connectivity index (χ2n) is 3.88. The number of para-hydroxylation sites is 1. The Bertz CT molecular complexity index is 671. The third kappa shape index (κ3) is 2.79. The molecule has 6 heteroatoms. The maximum Gasteiger partial charge on any atom is 0.332 e. The molecule has 0 bridgehead atoms. The molecule has 0 saturated carbocycles. The smallest absolute Gasteiger partial charge is 0.332 e. The molecule has 2 aromatic rings. The minimum absolute atomic E-state index is 0.0594.